The van der Waals surface area contributed by atoms with Crippen molar-refractivity contribution in [2.24, 2.45) is 0 Å². The molecule has 0 aliphatic heterocycles. The number of hydrogen-bond acceptors (Lipinski definition) is 4. The molecular weight excluding hydrogens is 216 g/mol. The zero-order valence-electron chi connectivity index (χ0n) is 9.73. The van der Waals surface area contributed by atoms with Crippen molar-refractivity contribution in [3.63, 3.8) is 0 Å². The molecule has 6 nitrogen and oxygen atoms in total. The van der Waals surface area contributed by atoms with Gasteiger partial charge in [0.15, 0.2) is 6.10 Å². The van der Waals surface area contributed by atoms with E-state index >= 15 is 0 Å². The second kappa shape index (κ2) is 6.44. The van der Waals surface area contributed by atoms with Crippen molar-refractivity contribution in [3.8, 4) is 0 Å². The Morgan fingerprint density at radius 1 is 1.19 bits per heavy atom. The maximum Gasteiger partial charge on any atom is 0.339 e. The molecule has 2 unspecified atom stereocenters. The Morgan fingerprint density at radius 2 is 1.75 bits per heavy atom. The average molecular weight is 234 g/mol. The first-order valence-corrected chi connectivity index (χ1v) is 5.17. The van der Waals surface area contributed by atoms with Gasteiger partial charge in [-0.05, 0) is 20.3 Å². The molecular formula is C10H18O6. The molecule has 0 saturated heterocycles. The monoisotopic (exact) mass is 234 g/mol. The third-order valence-corrected chi connectivity index (χ3v) is 2.27. The summed E-state index contributed by atoms with van der Waals surface area (Å²) in [5.74, 6) is -2.66. The molecule has 0 rings (SSSR count). The van der Waals surface area contributed by atoms with Gasteiger partial charge in [0.25, 0.3) is 0 Å². The van der Waals surface area contributed by atoms with E-state index in [1.165, 1.54) is 0 Å². The number of carboxylic acids is 2. The van der Waals surface area contributed by atoms with Crippen LogP contribution in [0.15, 0.2) is 0 Å². The van der Waals surface area contributed by atoms with E-state index in [2.05, 4.69) is 0 Å². The first kappa shape index (κ1) is 14.9. The van der Waals surface area contributed by atoms with Crippen LogP contribution in [0.1, 0.15) is 27.2 Å². The second-order valence-corrected chi connectivity index (χ2v) is 3.15. The quantitative estimate of drug-likeness (QED) is 0.643. The van der Waals surface area contributed by atoms with Crippen LogP contribution in [-0.2, 0) is 19.1 Å². The molecule has 0 amide bonds. The molecule has 0 aromatic carbocycles. The lowest BCUT2D eigenvalue weighted by molar-refractivity contribution is -0.199. The minimum atomic E-state index is -1.82. The van der Waals surface area contributed by atoms with Crippen LogP contribution >= 0.6 is 0 Å². The first-order chi connectivity index (χ1) is 7.46. The van der Waals surface area contributed by atoms with Crippen molar-refractivity contribution in [1.29, 1.82) is 0 Å². The van der Waals surface area contributed by atoms with Crippen molar-refractivity contribution < 1.29 is 29.3 Å². The number of ether oxygens (including phenoxy) is 2. The van der Waals surface area contributed by atoms with Gasteiger partial charge in [-0.15, -0.1) is 0 Å². The molecule has 2 N–H and O–H groups in total. The first-order valence-electron chi connectivity index (χ1n) is 5.17. The summed E-state index contributed by atoms with van der Waals surface area (Å²) in [6, 6.07) is 0. The van der Waals surface area contributed by atoms with Gasteiger partial charge in [0.1, 0.15) is 0 Å². The van der Waals surface area contributed by atoms with Gasteiger partial charge in [0.05, 0.1) is 0 Å². The predicted molar refractivity (Wildman–Crippen MR) is 55.3 cm³/mol. The summed E-state index contributed by atoms with van der Waals surface area (Å²) in [5.41, 5.74) is -1.82. The summed E-state index contributed by atoms with van der Waals surface area (Å²) < 4.78 is 10.1. The molecule has 0 aliphatic rings. The van der Waals surface area contributed by atoms with E-state index in [-0.39, 0.29) is 19.6 Å². The van der Waals surface area contributed by atoms with Gasteiger partial charge in [-0.2, -0.15) is 0 Å². The number of rotatable bonds is 8. The standard InChI is InChI=1S/C10H18O6/c1-4-10(9(13)14,16-6-3)7(8(11)12)15-5-2/h7H,4-6H2,1-3H3,(H,11,12)(H,13,14). The highest BCUT2D eigenvalue weighted by atomic mass is 16.6. The molecule has 0 radical (unpaired) electrons. The van der Waals surface area contributed by atoms with Crippen LogP contribution in [-0.4, -0.2) is 47.1 Å². The molecule has 6 heteroatoms. The van der Waals surface area contributed by atoms with Gasteiger partial charge in [0, 0.05) is 13.2 Å². The van der Waals surface area contributed by atoms with E-state index < -0.39 is 23.6 Å². The number of aliphatic carboxylic acids is 2. The molecule has 0 aromatic rings. The lowest BCUT2D eigenvalue weighted by Crippen LogP contribution is -2.56. The highest BCUT2D eigenvalue weighted by Crippen LogP contribution is 2.24. The maximum atomic E-state index is 11.2. The summed E-state index contributed by atoms with van der Waals surface area (Å²) in [6.07, 6.45) is -1.48. The fraction of sp³-hybridized carbons (Fsp3) is 0.800. The fourth-order valence-corrected chi connectivity index (χ4v) is 1.52. The van der Waals surface area contributed by atoms with E-state index in [0.29, 0.717) is 0 Å². The van der Waals surface area contributed by atoms with Gasteiger partial charge >= 0.3 is 11.9 Å². The lowest BCUT2D eigenvalue weighted by atomic mass is 9.93. The Labute approximate surface area is 94.2 Å². The van der Waals surface area contributed by atoms with Crippen LogP contribution in [0.3, 0.4) is 0 Å². The number of hydrogen-bond donors (Lipinski definition) is 2. The van der Waals surface area contributed by atoms with E-state index in [4.69, 9.17) is 19.7 Å². The number of carboxylic acid groups (broad SMARTS) is 2. The van der Waals surface area contributed by atoms with Gasteiger partial charge < -0.3 is 19.7 Å². The molecule has 2 atom stereocenters. The normalized spacial score (nSPS) is 16.4. The van der Waals surface area contributed by atoms with Crippen LogP contribution in [0.2, 0.25) is 0 Å². The SMILES string of the molecule is CCOC(C(=O)O)C(CC)(OCC)C(=O)O. The van der Waals surface area contributed by atoms with Crippen molar-refractivity contribution in [2.75, 3.05) is 13.2 Å². The average Bonchev–Trinajstić information content (AvgIpc) is 2.22. The third kappa shape index (κ3) is 2.93. The van der Waals surface area contributed by atoms with Crippen LogP contribution in [0, 0.1) is 0 Å². The smallest absolute Gasteiger partial charge is 0.339 e. The van der Waals surface area contributed by atoms with Crippen LogP contribution in [0.4, 0.5) is 0 Å². The highest BCUT2D eigenvalue weighted by molar-refractivity contribution is 5.87. The van der Waals surface area contributed by atoms with Crippen molar-refractivity contribution in [1.82, 2.24) is 0 Å². The van der Waals surface area contributed by atoms with Crippen molar-refractivity contribution in [3.05, 3.63) is 0 Å². The molecule has 0 fully saturated rings. The van der Waals surface area contributed by atoms with E-state index in [1.54, 1.807) is 20.8 Å². The Balaban J connectivity index is 5.23. The van der Waals surface area contributed by atoms with Gasteiger partial charge in [0.2, 0.25) is 5.60 Å². The Morgan fingerprint density at radius 3 is 2.00 bits per heavy atom. The molecule has 0 spiro atoms. The molecule has 94 valence electrons. The van der Waals surface area contributed by atoms with Crippen molar-refractivity contribution >= 4 is 11.9 Å². The maximum absolute atomic E-state index is 11.2. The van der Waals surface area contributed by atoms with Gasteiger partial charge in [-0.1, -0.05) is 6.92 Å². The minimum absolute atomic E-state index is 0.0210. The molecule has 0 aliphatic carbocycles. The summed E-state index contributed by atoms with van der Waals surface area (Å²) in [7, 11) is 0. The molecule has 16 heavy (non-hydrogen) atoms. The van der Waals surface area contributed by atoms with E-state index in [1.807, 2.05) is 0 Å². The van der Waals surface area contributed by atoms with E-state index in [0.717, 1.165) is 0 Å². The molecule has 0 aromatic heterocycles. The highest BCUT2D eigenvalue weighted by Gasteiger charge is 2.50. The largest absolute Gasteiger partial charge is 0.479 e. The van der Waals surface area contributed by atoms with Crippen molar-refractivity contribution in [2.45, 2.75) is 38.9 Å². The van der Waals surface area contributed by atoms with Crippen LogP contribution in [0.5, 0.6) is 0 Å². The van der Waals surface area contributed by atoms with Crippen LogP contribution in [0.25, 0.3) is 0 Å². The summed E-state index contributed by atoms with van der Waals surface area (Å²) in [6.45, 7) is 4.98. The summed E-state index contributed by atoms with van der Waals surface area (Å²) >= 11 is 0. The van der Waals surface area contributed by atoms with Crippen LogP contribution < -0.4 is 0 Å². The Kier molecular flexibility index (Phi) is 5.98. The number of carbonyl (C=O) groups is 2. The lowest BCUT2D eigenvalue weighted by Gasteiger charge is -2.32. The van der Waals surface area contributed by atoms with E-state index in [9.17, 15) is 9.59 Å². The fourth-order valence-electron chi connectivity index (χ4n) is 1.52. The topological polar surface area (TPSA) is 93.1 Å². The van der Waals surface area contributed by atoms with Gasteiger partial charge in [-0.3, -0.25) is 0 Å². The molecule has 0 heterocycles. The third-order valence-electron chi connectivity index (χ3n) is 2.27. The summed E-state index contributed by atoms with van der Waals surface area (Å²) in [4.78, 5) is 22.2. The minimum Gasteiger partial charge on any atom is -0.479 e. The zero-order chi connectivity index (χ0) is 12.8. The predicted octanol–water partition coefficient (Wildman–Crippen LogP) is 0.746. The summed E-state index contributed by atoms with van der Waals surface area (Å²) in [5, 5.41) is 18.1. The Hall–Kier alpha value is -1.14. The van der Waals surface area contributed by atoms with Gasteiger partial charge in [-0.25, -0.2) is 9.59 Å². The Bertz CT molecular complexity index is 252. The second-order valence-electron chi connectivity index (χ2n) is 3.15. The zero-order valence-corrected chi connectivity index (χ0v) is 9.73. The molecule has 0 saturated carbocycles. The molecule has 0 bridgehead atoms.